The Balaban J connectivity index is 2.08. The van der Waals surface area contributed by atoms with E-state index in [1.165, 1.54) is 37.7 Å². The highest BCUT2D eigenvalue weighted by Gasteiger charge is 2.15. The third-order valence-corrected chi connectivity index (χ3v) is 2.78. The minimum atomic E-state index is 0.701. The highest BCUT2D eigenvalue weighted by molar-refractivity contribution is 5.15. The highest BCUT2D eigenvalue weighted by Crippen LogP contribution is 2.32. The smallest absolute Gasteiger partial charge is 0.0466 e. The van der Waals surface area contributed by atoms with E-state index in [0.29, 0.717) is 5.92 Å². The monoisotopic (exact) mass is 165 g/mol. The molecule has 2 nitrogen and oxygen atoms in total. The fourth-order valence-electron chi connectivity index (χ4n) is 2.08. The Kier molecular flexibility index (Phi) is 2.07. The Bertz CT molecular complexity index is 248. The molecule has 1 saturated carbocycles. The summed E-state index contributed by atoms with van der Waals surface area (Å²) in [6.45, 7) is 0. The van der Waals surface area contributed by atoms with Crippen molar-refractivity contribution in [3.8, 4) is 0 Å². The van der Waals surface area contributed by atoms with Crippen LogP contribution in [0.15, 0.2) is 18.5 Å². The van der Waals surface area contributed by atoms with Crippen LogP contribution in [0.25, 0.3) is 0 Å². The molecule has 1 fully saturated rings. The average molecular weight is 165 g/mol. The Hall–Kier alpha value is -0.920. The van der Waals surface area contributed by atoms with E-state index in [4.69, 9.17) is 5.21 Å². The van der Waals surface area contributed by atoms with Gasteiger partial charge in [0.1, 0.15) is 0 Å². The molecule has 0 unspecified atom stereocenters. The standard InChI is InChI=1S/C10H15NO/c12-11-7-6-10(8-11)9-4-2-1-3-5-9/h6-9,12H,1-5H2. The predicted octanol–water partition coefficient (Wildman–Crippen LogP) is 2.77. The van der Waals surface area contributed by atoms with Gasteiger partial charge < -0.3 is 5.21 Å². The van der Waals surface area contributed by atoms with Crippen LogP contribution in [0.4, 0.5) is 0 Å². The van der Waals surface area contributed by atoms with Gasteiger partial charge in [-0.3, -0.25) is 0 Å². The Morgan fingerprint density at radius 2 is 2.00 bits per heavy atom. The van der Waals surface area contributed by atoms with Crippen LogP contribution in [-0.4, -0.2) is 9.94 Å². The molecule has 0 radical (unpaired) electrons. The SMILES string of the molecule is On1ccc(C2CCCCC2)c1. The molecule has 0 amide bonds. The van der Waals surface area contributed by atoms with Crippen molar-refractivity contribution in [1.29, 1.82) is 0 Å². The number of rotatable bonds is 1. The van der Waals surface area contributed by atoms with Crippen molar-refractivity contribution in [2.24, 2.45) is 0 Å². The molecule has 1 aromatic rings. The Morgan fingerprint density at radius 3 is 2.58 bits per heavy atom. The lowest BCUT2D eigenvalue weighted by molar-refractivity contribution is 0.187. The van der Waals surface area contributed by atoms with Crippen molar-refractivity contribution in [1.82, 2.24) is 4.73 Å². The summed E-state index contributed by atoms with van der Waals surface area (Å²) in [5.74, 6) is 0.701. The van der Waals surface area contributed by atoms with Gasteiger partial charge >= 0.3 is 0 Å². The molecule has 0 spiro atoms. The van der Waals surface area contributed by atoms with Gasteiger partial charge in [-0.25, -0.2) is 4.73 Å². The topological polar surface area (TPSA) is 25.2 Å². The lowest BCUT2D eigenvalue weighted by Crippen LogP contribution is -2.03. The zero-order valence-corrected chi connectivity index (χ0v) is 7.24. The Morgan fingerprint density at radius 1 is 1.25 bits per heavy atom. The summed E-state index contributed by atoms with van der Waals surface area (Å²) in [4.78, 5) is 0. The molecule has 1 aliphatic carbocycles. The first-order valence-corrected chi connectivity index (χ1v) is 4.73. The number of nitrogens with zero attached hydrogens (tertiary/aromatic N) is 1. The largest absolute Gasteiger partial charge is 0.429 e. The average Bonchev–Trinajstić information content (AvgIpc) is 2.54. The van der Waals surface area contributed by atoms with Crippen molar-refractivity contribution in [3.05, 3.63) is 24.0 Å². The first-order chi connectivity index (χ1) is 5.86. The van der Waals surface area contributed by atoms with Crippen LogP contribution in [-0.2, 0) is 0 Å². The van der Waals surface area contributed by atoms with Gasteiger partial charge in [0, 0.05) is 12.4 Å². The third-order valence-electron chi connectivity index (χ3n) is 2.78. The van der Waals surface area contributed by atoms with E-state index in [-0.39, 0.29) is 0 Å². The van der Waals surface area contributed by atoms with E-state index in [2.05, 4.69) is 0 Å². The molecule has 2 heteroatoms. The normalized spacial score (nSPS) is 19.7. The van der Waals surface area contributed by atoms with Crippen molar-refractivity contribution in [2.75, 3.05) is 0 Å². The van der Waals surface area contributed by atoms with Gasteiger partial charge in [-0.05, 0) is 30.4 Å². The first-order valence-electron chi connectivity index (χ1n) is 4.73. The molecule has 66 valence electrons. The van der Waals surface area contributed by atoms with Crippen LogP contribution in [0.1, 0.15) is 43.6 Å². The second-order valence-corrected chi connectivity index (χ2v) is 3.66. The molecule has 0 aromatic carbocycles. The summed E-state index contributed by atoms with van der Waals surface area (Å²) in [7, 11) is 0. The van der Waals surface area contributed by atoms with Crippen LogP contribution >= 0.6 is 0 Å². The third kappa shape index (κ3) is 1.47. The molecule has 1 N–H and O–H groups in total. The van der Waals surface area contributed by atoms with E-state index in [9.17, 15) is 0 Å². The lowest BCUT2D eigenvalue weighted by Gasteiger charge is -2.20. The molecule has 0 saturated heterocycles. The molecule has 1 aromatic heterocycles. The van der Waals surface area contributed by atoms with Gasteiger partial charge in [0.15, 0.2) is 0 Å². The maximum absolute atomic E-state index is 9.10. The molecular formula is C10H15NO. The molecule has 0 bridgehead atoms. The second-order valence-electron chi connectivity index (χ2n) is 3.66. The van der Waals surface area contributed by atoms with E-state index in [1.807, 2.05) is 12.3 Å². The van der Waals surface area contributed by atoms with Crippen LogP contribution in [0.3, 0.4) is 0 Å². The van der Waals surface area contributed by atoms with Gasteiger partial charge in [0.05, 0.1) is 0 Å². The summed E-state index contributed by atoms with van der Waals surface area (Å²) in [6.07, 6.45) is 10.2. The van der Waals surface area contributed by atoms with Crippen molar-refractivity contribution in [3.63, 3.8) is 0 Å². The number of aromatic nitrogens is 1. The molecular weight excluding hydrogens is 150 g/mol. The predicted molar refractivity (Wildman–Crippen MR) is 47.4 cm³/mol. The minimum Gasteiger partial charge on any atom is -0.429 e. The molecule has 0 atom stereocenters. The summed E-state index contributed by atoms with van der Waals surface area (Å²) in [5, 5.41) is 9.10. The van der Waals surface area contributed by atoms with Crippen molar-refractivity contribution >= 4 is 0 Å². The highest BCUT2D eigenvalue weighted by atomic mass is 16.5. The molecule has 2 rings (SSSR count). The minimum absolute atomic E-state index is 0.701. The summed E-state index contributed by atoms with van der Waals surface area (Å²) in [5.41, 5.74) is 1.30. The van der Waals surface area contributed by atoms with Crippen LogP contribution in [0.2, 0.25) is 0 Å². The van der Waals surface area contributed by atoms with E-state index in [0.717, 1.165) is 4.73 Å². The summed E-state index contributed by atoms with van der Waals surface area (Å²) < 4.78 is 1.16. The fourth-order valence-corrected chi connectivity index (χ4v) is 2.08. The van der Waals surface area contributed by atoms with Gasteiger partial charge in [-0.15, -0.1) is 0 Å². The van der Waals surface area contributed by atoms with Crippen LogP contribution in [0, 0.1) is 0 Å². The summed E-state index contributed by atoms with van der Waals surface area (Å²) in [6, 6.07) is 2.02. The second kappa shape index (κ2) is 3.21. The lowest BCUT2D eigenvalue weighted by atomic mass is 9.85. The first kappa shape index (κ1) is 7.71. The van der Waals surface area contributed by atoms with E-state index >= 15 is 0 Å². The zero-order chi connectivity index (χ0) is 8.39. The maximum Gasteiger partial charge on any atom is 0.0466 e. The summed E-state index contributed by atoms with van der Waals surface area (Å²) >= 11 is 0. The van der Waals surface area contributed by atoms with Crippen LogP contribution < -0.4 is 0 Å². The van der Waals surface area contributed by atoms with Crippen molar-refractivity contribution < 1.29 is 5.21 Å². The molecule has 0 aliphatic heterocycles. The quantitative estimate of drug-likeness (QED) is 0.636. The van der Waals surface area contributed by atoms with Gasteiger partial charge in [0.25, 0.3) is 0 Å². The molecule has 1 heterocycles. The number of hydrogen-bond donors (Lipinski definition) is 1. The van der Waals surface area contributed by atoms with Gasteiger partial charge in [-0.2, -0.15) is 0 Å². The van der Waals surface area contributed by atoms with E-state index < -0.39 is 0 Å². The fraction of sp³-hybridized carbons (Fsp3) is 0.600. The number of hydrogen-bond acceptors (Lipinski definition) is 1. The molecule has 1 aliphatic rings. The van der Waals surface area contributed by atoms with E-state index in [1.54, 1.807) is 6.20 Å². The Labute approximate surface area is 72.8 Å². The molecule has 12 heavy (non-hydrogen) atoms. The van der Waals surface area contributed by atoms with Crippen molar-refractivity contribution in [2.45, 2.75) is 38.0 Å². The van der Waals surface area contributed by atoms with Gasteiger partial charge in [0.2, 0.25) is 0 Å². The maximum atomic E-state index is 9.10. The zero-order valence-electron chi connectivity index (χ0n) is 7.24. The van der Waals surface area contributed by atoms with Crippen LogP contribution in [0.5, 0.6) is 0 Å². The van der Waals surface area contributed by atoms with Gasteiger partial charge in [-0.1, -0.05) is 19.3 Å².